The maximum Gasteiger partial charge on any atom is 0.259 e. The zero-order chi connectivity index (χ0) is 22.2. The summed E-state index contributed by atoms with van der Waals surface area (Å²) in [4.78, 5) is 17.6. The number of rotatable bonds is 4. The highest BCUT2D eigenvalue weighted by molar-refractivity contribution is 6.30. The second-order valence-electron chi connectivity index (χ2n) is 8.18. The molecule has 4 aromatic rings. The van der Waals surface area contributed by atoms with Crippen molar-refractivity contribution in [1.82, 2.24) is 14.1 Å². The Kier molecular flexibility index (Phi) is 5.47. The lowest BCUT2D eigenvalue weighted by atomic mass is 10.1. The number of nitrogens with zero attached hydrogens (tertiary/aromatic N) is 3. The molecule has 3 aromatic heterocycles. The molecule has 0 N–H and O–H groups in total. The second kappa shape index (κ2) is 8.43. The smallest absolute Gasteiger partial charge is 0.259 e. The minimum atomic E-state index is -0.440. The minimum Gasteiger partial charge on any atom is -0.489 e. The van der Waals surface area contributed by atoms with Gasteiger partial charge >= 0.3 is 0 Å². The molecule has 0 saturated carbocycles. The molecule has 0 saturated heterocycles. The molecule has 0 unspecified atom stereocenters. The molecule has 0 amide bonds. The van der Waals surface area contributed by atoms with Crippen molar-refractivity contribution in [3.8, 4) is 11.6 Å². The molecule has 0 bridgehead atoms. The van der Waals surface area contributed by atoms with Gasteiger partial charge in [0.1, 0.15) is 29.6 Å². The van der Waals surface area contributed by atoms with E-state index in [4.69, 9.17) is 21.3 Å². The summed E-state index contributed by atoms with van der Waals surface area (Å²) >= 11 is 5.78. The lowest BCUT2D eigenvalue weighted by molar-refractivity contribution is 0.299. The van der Waals surface area contributed by atoms with Crippen molar-refractivity contribution in [2.75, 3.05) is 0 Å². The number of ether oxygens (including phenoxy) is 1. The van der Waals surface area contributed by atoms with Gasteiger partial charge in [0.25, 0.3) is 5.56 Å². The third kappa shape index (κ3) is 3.79. The lowest BCUT2D eigenvalue weighted by Gasteiger charge is -2.10. The van der Waals surface area contributed by atoms with Crippen molar-refractivity contribution in [2.24, 2.45) is 7.05 Å². The summed E-state index contributed by atoms with van der Waals surface area (Å²) in [5.74, 6) is 0.491. The molecule has 7 heteroatoms. The Bertz CT molecular complexity index is 1380. The Morgan fingerprint density at radius 2 is 1.94 bits per heavy atom. The van der Waals surface area contributed by atoms with E-state index < -0.39 is 5.82 Å². The fourth-order valence-corrected chi connectivity index (χ4v) is 4.62. The van der Waals surface area contributed by atoms with E-state index in [0.717, 1.165) is 18.5 Å². The van der Waals surface area contributed by atoms with Gasteiger partial charge in [0.2, 0.25) is 0 Å². The molecule has 32 heavy (non-hydrogen) atoms. The molecular formula is C25H23ClFN3O2. The van der Waals surface area contributed by atoms with E-state index in [1.165, 1.54) is 52.6 Å². The van der Waals surface area contributed by atoms with Crippen LogP contribution in [-0.2, 0) is 26.5 Å². The Labute approximate surface area is 190 Å². The van der Waals surface area contributed by atoms with Crippen LogP contribution in [0, 0.1) is 5.82 Å². The first-order valence-electron chi connectivity index (χ1n) is 10.8. The summed E-state index contributed by atoms with van der Waals surface area (Å²) in [7, 11) is 2.05. The van der Waals surface area contributed by atoms with Crippen LogP contribution in [0.15, 0.2) is 53.5 Å². The van der Waals surface area contributed by atoms with Gasteiger partial charge in [-0.05, 0) is 61.6 Å². The number of aryl methyl sites for hydroxylation is 2. The standard InChI is InChI=1S/C25H23ClFN3O2/c1-29-22-6-4-2-3-5-19(22)20-9-10-23(28-25(20)29)30-12-11-18(14-24(30)31)32-15-16-7-8-17(26)13-21(16)27/h7-14H,2-6,15H2,1H3. The van der Waals surface area contributed by atoms with Crippen molar-refractivity contribution in [1.29, 1.82) is 0 Å². The summed E-state index contributed by atoms with van der Waals surface area (Å²) in [6.07, 6.45) is 7.44. The van der Waals surface area contributed by atoms with Gasteiger partial charge in [-0.1, -0.05) is 24.1 Å². The average Bonchev–Trinajstić information content (AvgIpc) is 2.93. The molecule has 164 valence electrons. The van der Waals surface area contributed by atoms with Crippen molar-refractivity contribution in [3.05, 3.63) is 86.7 Å². The van der Waals surface area contributed by atoms with Gasteiger partial charge in [-0.15, -0.1) is 0 Å². The summed E-state index contributed by atoms with van der Waals surface area (Å²) in [6, 6.07) is 11.4. The fourth-order valence-electron chi connectivity index (χ4n) is 4.46. The first kappa shape index (κ1) is 20.8. The minimum absolute atomic E-state index is 0.00552. The average molecular weight is 452 g/mol. The van der Waals surface area contributed by atoms with E-state index in [9.17, 15) is 9.18 Å². The van der Waals surface area contributed by atoms with Gasteiger partial charge in [-0.3, -0.25) is 9.36 Å². The van der Waals surface area contributed by atoms with Crippen LogP contribution < -0.4 is 10.3 Å². The summed E-state index contributed by atoms with van der Waals surface area (Å²) in [5, 5.41) is 1.50. The molecule has 1 aliphatic carbocycles. The van der Waals surface area contributed by atoms with Crippen LogP contribution in [0.3, 0.4) is 0 Å². The maximum absolute atomic E-state index is 13.9. The number of aromatic nitrogens is 3. The van der Waals surface area contributed by atoms with Crippen LogP contribution in [0.25, 0.3) is 16.9 Å². The largest absolute Gasteiger partial charge is 0.489 e. The van der Waals surface area contributed by atoms with Crippen molar-refractivity contribution >= 4 is 22.6 Å². The number of benzene rings is 1. The predicted molar refractivity (Wildman–Crippen MR) is 123 cm³/mol. The van der Waals surface area contributed by atoms with E-state index in [0.29, 0.717) is 22.2 Å². The van der Waals surface area contributed by atoms with Crippen LogP contribution in [0.5, 0.6) is 5.75 Å². The number of pyridine rings is 2. The van der Waals surface area contributed by atoms with E-state index in [1.807, 2.05) is 6.07 Å². The van der Waals surface area contributed by atoms with Crippen LogP contribution >= 0.6 is 11.6 Å². The highest BCUT2D eigenvalue weighted by atomic mass is 35.5. The number of hydrogen-bond acceptors (Lipinski definition) is 3. The van der Waals surface area contributed by atoms with Gasteiger partial charge in [0.05, 0.1) is 0 Å². The second-order valence-corrected chi connectivity index (χ2v) is 8.62. The zero-order valence-corrected chi connectivity index (χ0v) is 18.5. The number of halogens is 2. The molecule has 0 fully saturated rings. The van der Waals surface area contributed by atoms with Gasteiger partial charge in [-0.2, -0.15) is 0 Å². The Morgan fingerprint density at radius 3 is 2.75 bits per heavy atom. The summed E-state index contributed by atoms with van der Waals surface area (Å²) in [6.45, 7) is 0.00552. The molecule has 5 nitrogen and oxygen atoms in total. The van der Waals surface area contributed by atoms with Crippen LogP contribution in [-0.4, -0.2) is 14.1 Å². The molecule has 0 spiro atoms. The molecule has 5 rings (SSSR count). The monoisotopic (exact) mass is 451 g/mol. The molecule has 3 heterocycles. The summed E-state index contributed by atoms with van der Waals surface area (Å²) < 4.78 is 23.2. The van der Waals surface area contributed by atoms with E-state index in [-0.39, 0.29) is 12.2 Å². The van der Waals surface area contributed by atoms with Crippen molar-refractivity contribution < 1.29 is 9.13 Å². The number of fused-ring (bicyclic) bond motifs is 3. The summed E-state index contributed by atoms with van der Waals surface area (Å²) in [5.41, 5.74) is 3.76. The normalized spacial score (nSPS) is 13.7. The van der Waals surface area contributed by atoms with Crippen LogP contribution in [0.4, 0.5) is 4.39 Å². The molecule has 1 aliphatic rings. The Balaban J connectivity index is 1.42. The highest BCUT2D eigenvalue weighted by Crippen LogP contribution is 2.30. The SMILES string of the molecule is Cn1c2c(c3ccc(-n4ccc(OCc5ccc(Cl)cc5F)cc4=O)nc31)CCCCC2. The van der Waals surface area contributed by atoms with E-state index >= 15 is 0 Å². The topological polar surface area (TPSA) is 49.0 Å². The molecular weight excluding hydrogens is 429 g/mol. The first-order valence-corrected chi connectivity index (χ1v) is 11.2. The van der Waals surface area contributed by atoms with Crippen LogP contribution in [0.2, 0.25) is 5.02 Å². The van der Waals surface area contributed by atoms with Gasteiger partial charge in [0.15, 0.2) is 0 Å². The van der Waals surface area contributed by atoms with Crippen molar-refractivity contribution in [3.63, 3.8) is 0 Å². The lowest BCUT2D eigenvalue weighted by Crippen LogP contribution is -2.18. The Morgan fingerprint density at radius 1 is 1.09 bits per heavy atom. The highest BCUT2D eigenvalue weighted by Gasteiger charge is 2.18. The molecule has 1 aromatic carbocycles. The molecule has 0 aliphatic heterocycles. The third-order valence-electron chi connectivity index (χ3n) is 6.14. The number of hydrogen-bond donors (Lipinski definition) is 0. The molecule has 0 radical (unpaired) electrons. The van der Waals surface area contributed by atoms with Crippen molar-refractivity contribution in [2.45, 2.75) is 38.7 Å². The van der Waals surface area contributed by atoms with Crippen LogP contribution in [0.1, 0.15) is 36.1 Å². The maximum atomic E-state index is 13.9. The third-order valence-corrected chi connectivity index (χ3v) is 6.38. The first-order chi connectivity index (χ1) is 15.5. The van der Waals surface area contributed by atoms with E-state index in [2.05, 4.69) is 17.7 Å². The predicted octanol–water partition coefficient (Wildman–Crippen LogP) is 5.36. The van der Waals surface area contributed by atoms with Gasteiger partial charge < -0.3 is 9.30 Å². The Hall–Kier alpha value is -3.12. The van der Waals surface area contributed by atoms with E-state index in [1.54, 1.807) is 24.4 Å². The van der Waals surface area contributed by atoms with Gasteiger partial charge in [0, 0.05) is 41.0 Å². The fraction of sp³-hybridized carbons (Fsp3) is 0.280. The van der Waals surface area contributed by atoms with Gasteiger partial charge in [-0.25, -0.2) is 9.37 Å². The zero-order valence-electron chi connectivity index (χ0n) is 17.8. The quantitative estimate of drug-likeness (QED) is 0.392. The molecule has 0 atom stereocenters.